The first-order valence-corrected chi connectivity index (χ1v) is 7.64. The maximum absolute atomic E-state index is 12.2. The number of fused-ring (bicyclic) bond motifs is 1. The molecule has 1 aliphatic rings. The lowest BCUT2D eigenvalue weighted by Gasteiger charge is -2.06. The number of hydrogen-bond acceptors (Lipinski definition) is 3. The minimum Gasteiger partial charge on any atom is -0.507 e. The first kappa shape index (κ1) is 14.3. The molecule has 0 aromatic heterocycles. The highest BCUT2D eigenvalue weighted by atomic mass is 16.5. The number of rotatable bonds is 2. The molecule has 0 saturated carbocycles. The maximum Gasteiger partial charge on any atom is 0.343 e. The van der Waals surface area contributed by atoms with E-state index in [1.807, 2.05) is 48.5 Å². The van der Waals surface area contributed by atoms with Crippen LogP contribution in [0.5, 0.6) is 5.75 Å². The number of phenols is 1. The topological polar surface area (TPSA) is 46.5 Å². The number of carbonyl (C=O) groups is 1. The number of hydrogen-bond donors (Lipinski definition) is 1. The molecule has 0 atom stereocenters. The van der Waals surface area contributed by atoms with Gasteiger partial charge in [0.15, 0.2) is 0 Å². The van der Waals surface area contributed by atoms with Gasteiger partial charge in [0.2, 0.25) is 0 Å². The summed E-state index contributed by atoms with van der Waals surface area (Å²) in [6.07, 6.45) is 3.35. The zero-order chi connectivity index (χ0) is 16.5. The third kappa shape index (κ3) is 2.46. The average Bonchev–Trinajstić information content (AvgIpc) is 2.97. The van der Waals surface area contributed by atoms with Crippen LogP contribution in [0.2, 0.25) is 0 Å². The molecule has 1 aliphatic heterocycles. The molecular weight excluding hydrogens is 300 g/mol. The van der Waals surface area contributed by atoms with Gasteiger partial charge in [-0.05, 0) is 29.0 Å². The van der Waals surface area contributed by atoms with Crippen LogP contribution in [0.15, 0.2) is 78.4 Å². The molecule has 0 fully saturated rings. The summed E-state index contributed by atoms with van der Waals surface area (Å²) in [6, 6.07) is 20.7. The fourth-order valence-corrected chi connectivity index (χ4v) is 2.84. The van der Waals surface area contributed by atoms with Gasteiger partial charge in [0.1, 0.15) is 11.5 Å². The molecule has 3 heteroatoms. The second-order valence-corrected chi connectivity index (χ2v) is 5.58. The molecule has 3 nitrogen and oxygen atoms in total. The quantitative estimate of drug-likeness (QED) is 0.558. The fraction of sp³-hybridized carbons (Fsp3) is 0. The van der Waals surface area contributed by atoms with Crippen LogP contribution in [-0.4, -0.2) is 11.1 Å². The number of carbonyl (C=O) groups excluding carboxylic acids is 1. The van der Waals surface area contributed by atoms with Gasteiger partial charge < -0.3 is 9.84 Å². The van der Waals surface area contributed by atoms with E-state index in [4.69, 9.17) is 4.74 Å². The van der Waals surface area contributed by atoms with Crippen LogP contribution in [0.3, 0.4) is 0 Å². The standard InChI is InChI=1S/C21H14O3/c22-19-11-4-2-7-15(19)12-16-13-20(24-21(16)23)18-10-5-8-14-6-1-3-9-17(14)18/h1-13,22H/b16-12-. The molecule has 0 spiro atoms. The third-order valence-corrected chi connectivity index (χ3v) is 4.03. The van der Waals surface area contributed by atoms with Crippen LogP contribution in [0.4, 0.5) is 0 Å². The molecule has 0 saturated heterocycles. The van der Waals surface area contributed by atoms with Gasteiger partial charge in [0.25, 0.3) is 0 Å². The highest BCUT2D eigenvalue weighted by Gasteiger charge is 2.23. The van der Waals surface area contributed by atoms with Crippen molar-refractivity contribution in [2.24, 2.45) is 0 Å². The van der Waals surface area contributed by atoms with Crippen LogP contribution >= 0.6 is 0 Å². The van der Waals surface area contributed by atoms with Crippen molar-refractivity contribution in [1.29, 1.82) is 0 Å². The lowest BCUT2D eigenvalue weighted by Crippen LogP contribution is -1.97. The molecule has 4 rings (SSSR count). The van der Waals surface area contributed by atoms with E-state index in [-0.39, 0.29) is 5.75 Å². The monoisotopic (exact) mass is 314 g/mol. The zero-order valence-electron chi connectivity index (χ0n) is 12.8. The normalized spacial score (nSPS) is 15.6. The van der Waals surface area contributed by atoms with Gasteiger partial charge in [0.05, 0.1) is 5.57 Å². The summed E-state index contributed by atoms with van der Waals surface area (Å²) < 4.78 is 5.45. The molecule has 24 heavy (non-hydrogen) atoms. The summed E-state index contributed by atoms with van der Waals surface area (Å²) in [4.78, 5) is 12.2. The van der Waals surface area contributed by atoms with Gasteiger partial charge in [0, 0.05) is 11.1 Å². The minimum absolute atomic E-state index is 0.129. The van der Waals surface area contributed by atoms with Gasteiger partial charge in [-0.1, -0.05) is 60.7 Å². The van der Waals surface area contributed by atoms with Crippen molar-refractivity contribution in [1.82, 2.24) is 0 Å². The van der Waals surface area contributed by atoms with Crippen LogP contribution in [0.1, 0.15) is 11.1 Å². The third-order valence-electron chi connectivity index (χ3n) is 4.03. The zero-order valence-corrected chi connectivity index (χ0v) is 12.8. The number of phenolic OH excluding ortho intramolecular Hbond substituents is 1. The van der Waals surface area contributed by atoms with E-state index < -0.39 is 5.97 Å². The molecule has 0 bridgehead atoms. The number of aromatic hydroxyl groups is 1. The fourth-order valence-electron chi connectivity index (χ4n) is 2.84. The summed E-state index contributed by atoms with van der Waals surface area (Å²) in [5.41, 5.74) is 1.88. The lowest BCUT2D eigenvalue weighted by molar-refractivity contribution is -0.130. The summed E-state index contributed by atoms with van der Waals surface area (Å²) in [6.45, 7) is 0. The Morgan fingerprint density at radius 2 is 1.62 bits per heavy atom. The summed E-state index contributed by atoms with van der Waals surface area (Å²) >= 11 is 0. The number of ether oxygens (including phenoxy) is 1. The van der Waals surface area contributed by atoms with Gasteiger partial charge in [-0.2, -0.15) is 0 Å². The van der Waals surface area contributed by atoms with Crippen molar-refractivity contribution in [2.75, 3.05) is 0 Å². The predicted octanol–water partition coefficient (Wildman–Crippen LogP) is 4.53. The molecule has 0 aliphatic carbocycles. The summed E-state index contributed by atoms with van der Waals surface area (Å²) in [5.74, 6) is 0.240. The van der Waals surface area contributed by atoms with E-state index in [1.165, 1.54) is 0 Å². The van der Waals surface area contributed by atoms with Gasteiger partial charge >= 0.3 is 5.97 Å². The first-order valence-electron chi connectivity index (χ1n) is 7.64. The van der Waals surface area contributed by atoms with Crippen molar-refractivity contribution >= 4 is 28.6 Å². The van der Waals surface area contributed by atoms with Crippen molar-refractivity contribution in [3.8, 4) is 5.75 Å². The number of esters is 1. The molecule has 0 unspecified atom stereocenters. The van der Waals surface area contributed by atoms with Crippen molar-refractivity contribution in [2.45, 2.75) is 0 Å². The summed E-state index contributed by atoms with van der Waals surface area (Å²) in [5, 5.41) is 12.0. The van der Waals surface area contributed by atoms with Crippen molar-refractivity contribution < 1.29 is 14.6 Å². The van der Waals surface area contributed by atoms with Crippen LogP contribution in [-0.2, 0) is 9.53 Å². The second-order valence-electron chi connectivity index (χ2n) is 5.58. The largest absolute Gasteiger partial charge is 0.507 e. The van der Waals surface area contributed by atoms with E-state index in [0.717, 1.165) is 16.3 Å². The van der Waals surface area contributed by atoms with E-state index in [0.29, 0.717) is 16.9 Å². The molecule has 1 N–H and O–H groups in total. The molecule has 116 valence electrons. The molecule has 1 heterocycles. The van der Waals surface area contributed by atoms with E-state index in [2.05, 4.69) is 0 Å². The molecule has 3 aromatic carbocycles. The van der Waals surface area contributed by atoms with E-state index >= 15 is 0 Å². The van der Waals surface area contributed by atoms with Gasteiger partial charge in [-0.25, -0.2) is 4.79 Å². The van der Waals surface area contributed by atoms with Crippen molar-refractivity contribution in [3.63, 3.8) is 0 Å². The Morgan fingerprint density at radius 1 is 0.875 bits per heavy atom. The van der Waals surface area contributed by atoms with Crippen LogP contribution in [0.25, 0.3) is 22.6 Å². The number of benzene rings is 3. The highest BCUT2D eigenvalue weighted by molar-refractivity contribution is 6.07. The smallest absolute Gasteiger partial charge is 0.343 e. The molecule has 0 radical (unpaired) electrons. The Balaban J connectivity index is 1.80. The predicted molar refractivity (Wildman–Crippen MR) is 94.1 cm³/mol. The second kappa shape index (κ2) is 5.70. The Labute approximate surface area is 139 Å². The minimum atomic E-state index is -0.416. The van der Waals surface area contributed by atoms with E-state index in [1.54, 1.807) is 30.4 Å². The highest BCUT2D eigenvalue weighted by Crippen LogP contribution is 2.32. The Bertz CT molecular complexity index is 1010. The lowest BCUT2D eigenvalue weighted by atomic mass is 10.0. The van der Waals surface area contributed by atoms with Gasteiger partial charge in [-0.3, -0.25) is 0 Å². The number of para-hydroxylation sites is 1. The first-order chi connectivity index (χ1) is 11.7. The van der Waals surface area contributed by atoms with Crippen molar-refractivity contribution in [3.05, 3.63) is 89.5 Å². The molecule has 0 amide bonds. The number of cyclic esters (lactones) is 1. The Hall–Kier alpha value is -3.33. The van der Waals surface area contributed by atoms with Crippen LogP contribution in [0, 0.1) is 0 Å². The maximum atomic E-state index is 12.2. The van der Waals surface area contributed by atoms with Crippen LogP contribution < -0.4 is 0 Å². The van der Waals surface area contributed by atoms with Gasteiger partial charge in [-0.15, -0.1) is 0 Å². The molecular formula is C21H14O3. The summed E-state index contributed by atoms with van der Waals surface area (Å²) in [7, 11) is 0. The van der Waals surface area contributed by atoms with E-state index in [9.17, 15) is 9.90 Å². The Morgan fingerprint density at radius 3 is 2.50 bits per heavy atom. The average molecular weight is 314 g/mol. The molecule has 3 aromatic rings. The Kier molecular flexibility index (Phi) is 3.39. The SMILES string of the molecule is O=C1OC(c2cccc3ccccc23)=C/C1=C/c1ccccc1O.